The molecule has 1 aromatic rings. The number of rotatable bonds is 2. The molecular formula is C12H15BrFNO. The molecule has 0 N–H and O–H groups in total. The molecule has 0 bridgehead atoms. The molecular weight excluding hydrogens is 273 g/mol. The molecule has 1 aliphatic heterocycles. The summed E-state index contributed by atoms with van der Waals surface area (Å²) in [5, 5.41) is 0. The topological polar surface area (TPSA) is 12.5 Å². The molecule has 88 valence electrons. The third-order valence-corrected chi connectivity index (χ3v) is 3.28. The lowest BCUT2D eigenvalue weighted by Crippen LogP contribution is -2.36. The Morgan fingerprint density at radius 1 is 1.38 bits per heavy atom. The molecule has 0 aliphatic carbocycles. The number of nitrogens with zero attached hydrogens (tertiary/aromatic N) is 1. The van der Waals surface area contributed by atoms with Gasteiger partial charge in [-0.15, -0.1) is 0 Å². The second-order valence-electron chi connectivity index (χ2n) is 3.92. The summed E-state index contributed by atoms with van der Waals surface area (Å²) < 4.78 is 18.8. The Morgan fingerprint density at radius 2 is 2.06 bits per heavy atom. The van der Waals surface area contributed by atoms with Crippen molar-refractivity contribution < 1.29 is 9.13 Å². The van der Waals surface area contributed by atoms with E-state index in [9.17, 15) is 4.39 Å². The monoisotopic (exact) mass is 287 g/mol. The number of alkyl halides is 1. The van der Waals surface area contributed by atoms with Gasteiger partial charge in [0.15, 0.2) is 0 Å². The van der Waals surface area contributed by atoms with Gasteiger partial charge in [-0.2, -0.15) is 0 Å². The molecule has 1 unspecified atom stereocenters. The summed E-state index contributed by atoms with van der Waals surface area (Å²) in [7, 11) is 0. The van der Waals surface area contributed by atoms with E-state index in [0.29, 0.717) is 5.56 Å². The molecule has 2 nitrogen and oxygen atoms in total. The summed E-state index contributed by atoms with van der Waals surface area (Å²) in [4.78, 5) is 2.26. The van der Waals surface area contributed by atoms with Crippen LogP contribution in [0.1, 0.15) is 17.3 Å². The summed E-state index contributed by atoms with van der Waals surface area (Å²) >= 11 is 3.41. The van der Waals surface area contributed by atoms with E-state index in [2.05, 4.69) is 20.8 Å². The molecule has 1 fully saturated rings. The summed E-state index contributed by atoms with van der Waals surface area (Å²) in [5.74, 6) is -0.151. The highest BCUT2D eigenvalue weighted by atomic mass is 79.9. The maximum absolute atomic E-state index is 13.5. The number of morpholine rings is 1. The van der Waals surface area contributed by atoms with Gasteiger partial charge in [0.2, 0.25) is 0 Å². The number of anilines is 1. The highest BCUT2D eigenvalue weighted by Crippen LogP contribution is 2.28. The van der Waals surface area contributed by atoms with Gasteiger partial charge in [0.25, 0.3) is 0 Å². The zero-order valence-electron chi connectivity index (χ0n) is 9.25. The first-order chi connectivity index (χ1) is 7.68. The van der Waals surface area contributed by atoms with Crippen molar-refractivity contribution in [3.63, 3.8) is 0 Å². The molecule has 16 heavy (non-hydrogen) atoms. The zero-order chi connectivity index (χ0) is 11.5. The quantitative estimate of drug-likeness (QED) is 0.775. The molecule has 0 amide bonds. The van der Waals surface area contributed by atoms with E-state index in [1.54, 1.807) is 0 Å². The minimum Gasteiger partial charge on any atom is -0.378 e. The minimum atomic E-state index is -0.151. The molecule has 1 aliphatic rings. The van der Waals surface area contributed by atoms with E-state index in [0.717, 1.165) is 32.0 Å². The summed E-state index contributed by atoms with van der Waals surface area (Å²) in [5.41, 5.74) is 1.79. The molecule has 1 saturated heterocycles. The van der Waals surface area contributed by atoms with Crippen molar-refractivity contribution in [3.05, 3.63) is 29.6 Å². The Morgan fingerprint density at radius 3 is 2.69 bits per heavy atom. The first-order valence-electron chi connectivity index (χ1n) is 5.44. The average molecular weight is 288 g/mol. The standard InChI is InChI=1S/C12H15BrFNO/c1-9(13)11-8-10(2-3-12(11)14)15-4-6-16-7-5-15/h2-3,8-9H,4-7H2,1H3. The Labute approximate surface area is 104 Å². The van der Waals surface area contributed by atoms with Crippen molar-refractivity contribution in [2.75, 3.05) is 31.2 Å². The van der Waals surface area contributed by atoms with Gasteiger partial charge >= 0.3 is 0 Å². The number of benzene rings is 1. The number of halogens is 2. The second-order valence-corrected chi connectivity index (χ2v) is 5.29. The van der Waals surface area contributed by atoms with E-state index in [1.165, 1.54) is 6.07 Å². The van der Waals surface area contributed by atoms with Gasteiger partial charge in [-0.25, -0.2) is 4.39 Å². The lowest BCUT2D eigenvalue weighted by atomic mass is 10.1. The Bertz CT molecular complexity index is 364. The first kappa shape index (κ1) is 11.9. The Balaban J connectivity index is 2.24. The van der Waals surface area contributed by atoms with Crippen molar-refractivity contribution in [1.29, 1.82) is 0 Å². The lowest BCUT2D eigenvalue weighted by Gasteiger charge is -2.29. The molecule has 4 heteroatoms. The van der Waals surface area contributed by atoms with E-state index < -0.39 is 0 Å². The fraction of sp³-hybridized carbons (Fsp3) is 0.500. The van der Waals surface area contributed by atoms with Crippen molar-refractivity contribution in [2.45, 2.75) is 11.8 Å². The number of hydrogen-bond acceptors (Lipinski definition) is 2. The lowest BCUT2D eigenvalue weighted by molar-refractivity contribution is 0.122. The fourth-order valence-electron chi connectivity index (χ4n) is 1.85. The predicted molar refractivity (Wildman–Crippen MR) is 66.8 cm³/mol. The molecule has 0 aromatic heterocycles. The third kappa shape index (κ3) is 2.55. The third-order valence-electron chi connectivity index (χ3n) is 2.78. The van der Waals surface area contributed by atoms with Crippen molar-refractivity contribution in [2.24, 2.45) is 0 Å². The van der Waals surface area contributed by atoms with Gasteiger partial charge in [0, 0.05) is 29.2 Å². The van der Waals surface area contributed by atoms with Crippen LogP contribution >= 0.6 is 15.9 Å². The van der Waals surface area contributed by atoms with E-state index in [1.807, 2.05) is 19.1 Å². The normalized spacial score (nSPS) is 18.6. The Kier molecular flexibility index (Phi) is 3.82. The predicted octanol–water partition coefficient (Wildman–Crippen LogP) is 3.12. The van der Waals surface area contributed by atoms with Gasteiger partial charge in [0.05, 0.1) is 13.2 Å². The maximum atomic E-state index is 13.5. The van der Waals surface area contributed by atoms with Crippen LogP contribution in [0.2, 0.25) is 0 Å². The van der Waals surface area contributed by atoms with Gasteiger partial charge in [-0.1, -0.05) is 15.9 Å². The fourth-order valence-corrected chi connectivity index (χ4v) is 2.21. The first-order valence-corrected chi connectivity index (χ1v) is 6.36. The molecule has 1 aromatic carbocycles. The highest BCUT2D eigenvalue weighted by molar-refractivity contribution is 9.09. The van der Waals surface area contributed by atoms with Crippen LogP contribution in [0.4, 0.5) is 10.1 Å². The van der Waals surface area contributed by atoms with Crippen molar-refractivity contribution in [3.8, 4) is 0 Å². The number of ether oxygens (including phenoxy) is 1. The molecule has 2 rings (SSSR count). The summed E-state index contributed by atoms with van der Waals surface area (Å²) in [6, 6.07) is 5.29. The second kappa shape index (κ2) is 5.15. The Hall–Kier alpha value is -0.610. The van der Waals surface area contributed by atoms with E-state index in [4.69, 9.17) is 4.74 Å². The highest BCUT2D eigenvalue weighted by Gasteiger charge is 2.14. The summed E-state index contributed by atoms with van der Waals surface area (Å²) in [6.07, 6.45) is 0. The van der Waals surface area contributed by atoms with Crippen LogP contribution in [0, 0.1) is 5.82 Å². The van der Waals surface area contributed by atoms with Crippen LogP contribution < -0.4 is 4.90 Å². The van der Waals surface area contributed by atoms with Crippen LogP contribution in [0.15, 0.2) is 18.2 Å². The van der Waals surface area contributed by atoms with Crippen LogP contribution in [0.5, 0.6) is 0 Å². The molecule has 1 heterocycles. The van der Waals surface area contributed by atoms with Gasteiger partial charge in [0.1, 0.15) is 5.82 Å². The average Bonchev–Trinajstić information content (AvgIpc) is 2.30. The van der Waals surface area contributed by atoms with Crippen molar-refractivity contribution >= 4 is 21.6 Å². The SMILES string of the molecule is CC(Br)c1cc(N2CCOCC2)ccc1F. The molecule has 1 atom stereocenters. The van der Waals surface area contributed by atoms with E-state index in [-0.39, 0.29) is 10.6 Å². The molecule has 0 radical (unpaired) electrons. The maximum Gasteiger partial charge on any atom is 0.127 e. The number of hydrogen-bond donors (Lipinski definition) is 0. The molecule has 0 spiro atoms. The van der Waals surface area contributed by atoms with Gasteiger partial charge in [-0.3, -0.25) is 0 Å². The molecule has 0 saturated carbocycles. The zero-order valence-corrected chi connectivity index (χ0v) is 10.8. The van der Waals surface area contributed by atoms with Crippen molar-refractivity contribution in [1.82, 2.24) is 0 Å². The smallest absolute Gasteiger partial charge is 0.127 e. The van der Waals surface area contributed by atoms with Gasteiger partial charge < -0.3 is 9.64 Å². The van der Waals surface area contributed by atoms with Crippen LogP contribution in [0.25, 0.3) is 0 Å². The van der Waals surface area contributed by atoms with E-state index >= 15 is 0 Å². The summed E-state index contributed by atoms with van der Waals surface area (Å²) in [6.45, 7) is 5.18. The minimum absolute atomic E-state index is 0.0356. The van der Waals surface area contributed by atoms with Crippen LogP contribution in [-0.2, 0) is 4.74 Å². The van der Waals surface area contributed by atoms with Crippen LogP contribution in [-0.4, -0.2) is 26.3 Å². The van der Waals surface area contributed by atoms with Crippen LogP contribution in [0.3, 0.4) is 0 Å². The largest absolute Gasteiger partial charge is 0.378 e. The van der Waals surface area contributed by atoms with Gasteiger partial charge in [-0.05, 0) is 25.1 Å².